The van der Waals surface area contributed by atoms with Gasteiger partial charge in [0.15, 0.2) is 0 Å². The fourth-order valence-corrected chi connectivity index (χ4v) is 4.23. The van der Waals surface area contributed by atoms with Crippen LogP contribution in [0.25, 0.3) is 38.9 Å². The Bertz CT molecular complexity index is 1380. The predicted molar refractivity (Wildman–Crippen MR) is 132 cm³/mol. The summed E-state index contributed by atoms with van der Waals surface area (Å²) in [6, 6.07) is 14.9. The quantitative estimate of drug-likeness (QED) is 0.303. The summed E-state index contributed by atoms with van der Waals surface area (Å²) in [6.45, 7) is 7.38. The van der Waals surface area contributed by atoms with Crippen molar-refractivity contribution >= 4 is 27.8 Å². The van der Waals surface area contributed by atoms with Gasteiger partial charge in [0.2, 0.25) is 0 Å². The Morgan fingerprint density at radius 3 is 2.78 bits per heavy atom. The van der Waals surface area contributed by atoms with Crippen LogP contribution < -0.4 is 5.32 Å². The van der Waals surface area contributed by atoms with Crippen LogP contribution in [0.2, 0.25) is 0 Å². The molecule has 5 rings (SSSR count). The molecule has 5 aromatic rings. The Labute approximate surface area is 187 Å². The Morgan fingerprint density at radius 1 is 1.06 bits per heavy atom. The largest absolute Gasteiger partial charge is 0.372 e. The molecule has 0 saturated carbocycles. The Kier molecular flexibility index (Phi) is 5.46. The van der Waals surface area contributed by atoms with E-state index in [4.69, 9.17) is 0 Å². The lowest BCUT2D eigenvalue weighted by Crippen LogP contribution is -2.16. The smallest absolute Gasteiger partial charge is 0.137 e. The van der Waals surface area contributed by atoms with Crippen LogP contribution in [0.15, 0.2) is 80.0 Å². The van der Waals surface area contributed by atoms with Gasteiger partial charge in [-0.1, -0.05) is 32.1 Å². The van der Waals surface area contributed by atoms with Crippen LogP contribution in [-0.2, 0) is 6.42 Å². The van der Waals surface area contributed by atoms with Crippen LogP contribution in [0.3, 0.4) is 0 Å². The molecule has 32 heavy (non-hydrogen) atoms. The van der Waals surface area contributed by atoms with Gasteiger partial charge in [-0.15, -0.1) is 0 Å². The summed E-state index contributed by atoms with van der Waals surface area (Å²) in [5.74, 6) is 0.920. The molecular formula is C27H27N5. The van der Waals surface area contributed by atoms with Gasteiger partial charge in [-0.3, -0.25) is 4.98 Å². The first-order valence-electron chi connectivity index (χ1n) is 11.1. The number of hydrogen-bond acceptors (Lipinski definition) is 3. The third-order valence-electron chi connectivity index (χ3n) is 5.98. The molecule has 5 heteroatoms. The van der Waals surface area contributed by atoms with Crippen molar-refractivity contribution in [3.05, 3.63) is 91.2 Å². The van der Waals surface area contributed by atoms with Crippen molar-refractivity contribution in [1.29, 1.82) is 0 Å². The van der Waals surface area contributed by atoms with Gasteiger partial charge in [-0.25, -0.2) is 4.98 Å². The lowest BCUT2D eigenvalue weighted by molar-refractivity contribution is 0.728. The van der Waals surface area contributed by atoms with Crippen LogP contribution in [0.5, 0.6) is 0 Å². The van der Waals surface area contributed by atoms with E-state index >= 15 is 0 Å². The van der Waals surface area contributed by atoms with Crippen LogP contribution in [0.1, 0.15) is 30.9 Å². The standard InChI is InChI=1S/C27H27N5/c1-3-4-11-29-19(2)32-14-10-24-21(6-5-7-26(24)32)15-23-18-31-27-25(23)16-22(17-30-27)20-8-12-28-13-9-20/h5-10,12-14,16-18,29H,2-4,11,15H2,1H3,(H,30,31). The van der Waals surface area contributed by atoms with Gasteiger partial charge in [0.25, 0.3) is 0 Å². The second-order valence-electron chi connectivity index (χ2n) is 8.11. The monoisotopic (exact) mass is 421 g/mol. The van der Waals surface area contributed by atoms with Crippen LogP contribution in [0.4, 0.5) is 0 Å². The van der Waals surface area contributed by atoms with Crippen molar-refractivity contribution in [2.24, 2.45) is 0 Å². The first-order valence-corrected chi connectivity index (χ1v) is 11.1. The van der Waals surface area contributed by atoms with E-state index in [0.717, 1.165) is 47.4 Å². The molecule has 1 aromatic carbocycles. The van der Waals surface area contributed by atoms with Gasteiger partial charge in [0.1, 0.15) is 11.5 Å². The number of pyridine rings is 2. The SMILES string of the molecule is C=C(NCCCC)n1ccc2c(Cc3c[nH]c4ncc(-c5ccncc5)cc34)cccc21. The van der Waals surface area contributed by atoms with E-state index in [2.05, 4.69) is 81.1 Å². The second kappa shape index (κ2) is 8.71. The molecule has 4 heterocycles. The van der Waals surface area contributed by atoms with E-state index in [1.165, 1.54) is 28.5 Å². The van der Waals surface area contributed by atoms with Crippen molar-refractivity contribution in [2.45, 2.75) is 26.2 Å². The maximum absolute atomic E-state index is 4.65. The number of rotatable bonds is 8. The summed E-state index contributed by atoms with van der Waals surface area (Å²) in [5, 5.41) is 5.84. The number of hydrogen-bond donors (Lipinski definition) is 2. The number of benzene rings is 1. The van der Waals surface area contributed by atoms with Gasteiger partial charge >= 0.3 is 0 Å². The highest BCUT2D eigenvalue weighted by Crippen LogP contribution is 2.29. The molecule has 0 bridgehead atoms. The minimum absolute atomic E-state index is 0.832. The molecular weight excluding hydrogens is 394 g/mol. The molecule has 0 amide bonds. The molecule has 0 atom stereocenters. The van der Waals surface area contributed by atoms with Crippen molar-refractivity contribution in [3.63, 3.8) is 0 Å². The van der Waals surface area contributed by atoms with Crippen molar-refractivity contribution < 1.29 is 0 Å². The topological polar surface area (TPSA) is 58.5 Å². The molecule has 0 aliphatic rings. The Balaban J connectivity index is 1.47. The highest BCUT2D eigenvalue weighted by atomic mass is 15.1. The Morgan fingerprint density at radius 2 is 1.94 bits per heavy atom. The fourth-order valence-electron chi connectivity index (χ4n) is 4.23. The Hall–Kier alpha value is -3.86. The zero-order valence-corrected chi connectivity index (χ0v) is 18.3. The second-order valence-corrected chi connectivity index (χ2v) is 8.11. The summed E-state index contributed by atoms with van der Waals surface area (Å²) < 4.78 is 2.15. The van der Waals surface area contributed by atoms with Crippen molar-refractivity contribution in [2.75, 3.05) is 6.54 Å². The van der Waals surface area contributed by atoms with Gasteiger partial charge in [0.05, 0.1) is 5.52 Å². The minimum atomic E-state index is 0.832. The predicted octanol–water partition coefficient (Wildman–Crippen LogP) is 5.99. The molecule has 0 radical (unpaired) electrons. The molecule has 0 saturated heterocycles. The van der Waals surface area contributed by atoms with Gasteiger partial charge < -0.3 is 14.9 Å². The summed E-state index contributed by atoms with van der Waals surface area (Å²) in [4.78, 5) is 12.1. The maximum Gasteiger partial charge on any atom is 0.137 e. The van der Waals surface area contributed by atoms with Gasteiger partial charge in [-0.05, 0) is 53.4 Å². The van der Waals surface area contributed by atoms with E-state index in [-0.39, 0.29) is 0 Å². The third kappa shape index (κ3) is 3.78. The summed E-state index contributed by atoms with van der Waals surface area (Å²) in [5.41, 5.74) is 6.83. The molecule has 0 fully saturated rings. The molecule has 160 valence electrons. The van der Waals surface area contributed by atoms with E-state index < -0.39 is 0 Å². The minimum Gasteiger partial charge on any atom is -0.372 e. The normalized spacial score (nSPS) is 11.3. The zero-order chi connectivity index (χ0) is 21.9. The molecule has 0 aliphatic carbocycles. The number of H-pyrrole nitrogens is 1. The maximum atomic E-state index is 4.65. The highest BCUT2D eigenvalue weighted by molar-refractivity contribution is 5.89. The molecule has 0 aliphatic heterocycles. The lowest BCUT2D eigenvalue weighted by atomic mass is 10.0. The number of aromatic amines is 1. The summed E-state index contributed by atoms with van der Waals surface area (Å²) >= 11 is 0. The average Bonchev–Trinajstić information content (AvgIpc) is 3.44. The van der Waals surface area contributed by atoms with Crippen LogP contribution >= 0.6 is 0 Å². The number of nitrogens with one attached hydrogen (secondary N) is 2. The number of fused-ring (bicyclic) bond motifs is 2. The lowest BCUT2D eigenvalue weighted by Gasteiger charge is -2.12. The van der Waals surface area contributed by atoms with Crippen LogP contribution in [0, 0.1) is 0 Å². The average molecular weight is 422 g/mol. The fraction of sp³-hybridized carbons (Fsp3) is 0.185. The molecule has 5 nitrogen and oxygen atoms in total. The molecule has 4 aromatic heterocycles. The van der Waals surface area contributed by atoms with Crippen molar-refractivity contribution in [1.82, 2.24) is 24.8 Å². The van der Waals surface area contributed by atoms with Gasteiger partial charge in [0, 0.05) is 60.3 Å². The van der Waals surface area contributed by atoms with Gasteiger partial charge in [-0.2, -0.15) is 0 Å². The van der Waals surface area contributed by atoms with E-state index in [1.54, 1.807) is 0 Å². The number of nitrogens with zero attached hydrogens (tertiary/aromatic N) is 3. The first-order chi connectivity index (χ1) is 15.7. The molecule has 2 N–H and O–H groups in total. The first kappa shape index (κ1) is 20.1. The highest BCUT2D eigenvalue weighted by Gasteiger charge is 2.12. The zero-order valence-electron chi connectivity index (χ0n) is 18.3. The summed E-state index contributed by atoms with van der Waals surface area (Å²) in [7, 11) is 0. The third-order valence-corrected chi connectivity index (χ3v) is 5.98. The molecule has 0 unspecified atom stereocenters. The summed E-state index contributed by atoms with van der Waals surface area (Å²) in [6.07, 6.45) is 12.9. The van der Waals surface area contributed by atoms with E-state index in [0.29, 0.717) is 0 Å². The van der Waals surface area contributed by atoms with Crippen LogP contribution in [-0.4, -0.2) is 26.1 Å². The number of aromatic nitrogens is 4. The van der Waals surface area contributed by atoms with E-state index in [1.807, 2.05) is 30.7 Å². The number of unbranched alkanes of at least 4 members (excludes halogenated alkanes) is 1. The molecule has 0 spiro atoms. The van der Waals surface area contributed by atoms with E-state index in [9.17, 15) is 0 Å². The van der Waals surface area contributed by atoms with Crippen molar-refractivity contribution in [3.8, 4) is 11.1 Å².